The molecule has 3 aromatic rings. The molecule has 0 bridgehead atoms. The second-order valence-electron chi connectivity index (χ2n) is 8.58. The van der Waals surface area contributed by atoms with Gasteiger partial charge >= 0.3 is 0 Å². The van der Waals surface area contributed by atoms with Gasteiger partial charge in [-0.25, -0.2) is 4.98 Å². The van der Waals surface area contributed by atoms with E-state index < -0.39 is 0 Å². The van der Waals surface area contributed by atoms with Crippen molar-refractivity contribution >= 4 is 17.2 Å². The minimum Gasteiger partial charge on any atom is -0.484 e. The lowest BCUT2D eigenvalue weighted by atomic mass is 10.0. The van der Waals surface area contributed by atoms with Gasteiger partial charge in [0.25, 0.3) is 0 Å². The second-order valence-corrected chi connectivity index (χ2v) is 9.51. The van der Waals surface area contributed by atoms with E-state index in [4.69, 9.17) is 4.74 Å². The molecule has 5 rings (SSSR count). The van der Waals surface area contributed by atoms with Crippen LogP contribution >= 0.6 is 11.3 Å². The molecule has 2 aliphatic heterocycles. The normalized spacial score (nSPS) is 21.4. The van der Waals surface area contributed by atoms with Crippen molar-refractivity contribution in [3.8, 4) is 5.75 Å². The summed E-state index contributed by atoms with van der Waals surface area (Å²) in [5.74, 6) is 1.18. The van der Waals surface area contributed by atoms with Crippen molar-refractivity contribution in [2.45, 2.75) is 44.4 Å². The number of thiazole rings is 1. The van der Waals surface area contributed by atoms with Crippen LogP contribution in [0.15, 0.2) is 66.2 Å². The second kappa shape index (κ2) is 9.84. The number of carbonyl (C=O) groups excluding carboxylic acids is 1. The Morgan fingerprint density at radius 1 is 1.09 bits per heavy atom. The van der Waals surface area contributed by atoms with Gasteiger partial charge in [0.15, 0.2) is 0 Å². The van der Waals surface area contributed by atoms with Gasteiger partial charge in [-0.3, -0.25) is 9.69 Å². The first kappa shape index (κ1) is 21.2. The molecule has 1 fully saturated rings. The number of carbonyl (C=O) groups is 1. The van der Waals surface area contributed by atoms with Crippen LogP contribution in [-0.4, -0.2) is 40.3 Å². The maximum atomic E-state index is 13.3. The lowest BCUT2D eigenvalue weighted by Crippen LogP contribution is -2.40. The zero-order chi connectivity index (χ0) is 21.8. The Bertz CT molecular complexity index is 1020. The summed E-state index contributed by atoms with van der Waals surface area (Å²) in [4.78, 5) is 22.2. The largest absolute Gasteiger partial charge is 0.484 e. The van der Waals surface area contributed by atoms with Gasteiger partial charge in [0.1, 0.15) is 16.9 Å². The van der Waals surface area contributed by atoms with E-state index in [0.717, 1.165) is 56.2 Å². The summed E-state index contributed by atoms with van der Waals surface area (Å²) in [5, 5.41) is 3.07. The summed E-state index contributed by atoms with van der Waals surface area (Å²) in [6.07, 6.45) is 5.57. The van der Waals surface area contributed by atoms with E-state index in [1.165, 1.54) is 11.1 Å². The number of likely N-dealkylation sites (tertiary alicyclic amines) is 1. The smallest absolute Gasteiger partial charge is 0.224 e. The maximum Gasteiger partial charge on any atom is 0.224 e. The first-order chi connectivity index (χ1) is 15.8. The highest BCUT2D eigenvalue weighted by molar-refractivity contribution is 7.09. The van der Waals surface area contributed by atoms with E-state index in [-0.39, 0.29) is 18.1 Å². The Balaban J connectivity index is 1.30. The summed E-state index contributed by atoms with van der Waals surface area (Å²) in [6.45, 7) is 3.12. The molecule has 2 atom stereocenters. The first-order valence-corrected chi connectivity index (χ1v) is 12.4. The Hall–Kier alpha value is -2.70. The number of nitrogens with zero attached hydrogens (tertiary/aromatic N) is 3. The Morgan fingerprint density at radius 3 is 2.78 bits per heavy atom. The SMILES string of the molecule is O=C(CCN1Cc2ccccc2O[C@@H](c2ccccc2)C1)N1CCCC[C@H]1c1nccs1. The number of amides is 1. The van der Waals surface area contributed by atoms with E-state index in [1.54, 1.807) is 11.3 Å². The van der Waals surface area contributed by atoms with Crippen LogP contribution in [0.1, 0.15) is 54.0 Å². The Labute approximate surface area is 193 Å². The molecule has 32 heavy (non-hydrogen) atoms. The van der Waals surface area contributed by atoms with Gasteiger partial charge in [0.05, 0.1) is 6.04 Å². The summed E-state index contributed by atoms with van der Waals surface area (Å²) in [7, 11) is 0. The summed E-state index contributed by atoms with van der Waals surface area (Å²) in [6, 6.07) is 18.8. The Morgan fingerprint density at radius 2 is 1.94 bits per heavy atom. The molecule has 2 aromatic carbocycles. The number of benzene rings is 2. The van der Waals surface area contributed by atoms with Crippen LogP contribution in [0.4, 0.5) is 0 Å². The van der Waals surface area contributed by atoms with Crippen LogP contribution in [0.2, 0.25) is 0 Å². The number of para-hydroxylation sites is 1. The van der Waals surface area contributed by atoms with Gasteiger partial charge in [-0.05, 0) is 30.9 Å². The van der Waals surface area contributed by atoms with Crippen molar-refractivity contribution in [2.75, 3.05) is 19.6 Å². The average molecular weight is 448 g/mol. The molecule has 166 valence electrons. The van der Waals surface area contributed by atoms with Crippen molar-refractivity contribution in [2.24, 2.45) is 0 Å². The van der Waals surface area contributed by atoms with Crippen LogP contribution in [0.3, 0.4) is 0 Å². The van der Waals surface area contributed by atoms with Gasteiger partial charge in [0, 0.05) is 49.7 Å². The van der Waals surface area contributed by atoms with E-state index in [1.807, 2.05) is 29.8 Å². The van der Waals surface area contributed by atoms with Crippen LogP contribution in [0, 0.1) is 0 Å². The third kappa shape index (κ3) is 4.71. The summed E-state index contributed by atoms with van der Waals surface area (Å²) >= 11 is 1.66. The van der Waals surface area contributed by atoms with Crippen molar-refractivity contribution in [3.63, 3.8) is 0 Å². The minimum atomic E-state index is -0.0481. The van der Waals surface area contributed by atoms with Gasteiger partial charge in [-0.15, -0.1) is 11.3 Å². The number of hydrogen-bond acceptors (Lipinski definition) is 5. The number of hydrogen-bond donors (Lipinski definition) is 0. The third-order valence-electron chi connectivity index (χ3n) is 6.43. The van der Waals surface area contributed by atoms with Gasteiger partial charge in [0.2, 0.25) is 5.91 Å². The molecule has 3 heterocycles. The summed E-state index contributed by atoms with van der Waals surface area (Å²) in [5.41, 5.74) is 2.34. The molecule has 2 aliphatic rings. The van der Waals surface area contributed by atoms with Crippen molar-refractivity contribution in [1.29, 1.82) is 0 Å². The quantitative estimate of drug-likeness (QED) is 0.538. The molecule has 0 saturated carbocycles. The van der Waals surface area contributed by atoms with Crippen LogP contribution in [-0.2, 0) is 11.3 Å². The number of aromatic nitrogens is 1. The predicted octanol–water partition coefficient (Wildman–Crippen LogP) is 5.22. The molecule has 5 nitrogen and oxygen atoms in total. The van der Waals surface area contributed by atoms with Crippen molar-refractivity contribution < 1.29 is 9.53 Å². The van der Waals surface area contributed by atoms with Crippen LogP contribution < -0.4 is 4.74 Å². The number of piperidine rings is 1. The molecule has 0 N–H and O–H groups in total. The molecule has 6 heteroatoms. The third-order valence-corrected chi connectivity index (χ3v) is 7.31. The van der Waals surface area contributed by atoms with E-state index in [2.05, 4.69) is 51.2 Å². The van der Waals surface area contributed by atoms with Crippen molar-refractivity contribution in [3.05, 3.63) is 82.3 Å². The number of rotatable bonds is 5. The van der Waals surface area contributed by atoms with E-state index in [9.17, 15) is 4.79 Å². The monoisotopic (exact) mass is 447 g/mol. The number of ether oxygens (including phenoxy) is 1. The standard InChI is InChI=1S/C26H29N3O2S/c30-25(29-15-7-6-11-22(29)26-27-14-17-32-26)13-16-28-18-21-10-4-5-12-23(21)31-24(19-28)20-8-2-1-3-9-20/h1-5,8-10,12,14,17,22,24H,6-7,11,13,15-16,18-19H2/t22-,24+/m0/s1. The fraction of sp³-hybridized carbons (Fsp3) is 0.385. The summed E-state index contributed by atoms with van der Waals surface area (Å²) < 4.78 is 6.42. The lowest BCUT2D eigenvalue weighted by Gasteiger charge is -2.35. The van der Waals surface area contributed by atoms with E-state index in [0.29, 0.717) is 6.42 Å². The highest BCUT2D eigenvalue weighted by Crippen LogP contribution is 2.33. The molecule has 0 spiro atoms. The van der Waals surface area contributed by atoms with E-state index >= 15 is 0 Å². The van der Waals surface area contributed by atoms with Gasteiger partial charge < -0.3 is 9.64 Å². The van der Waals surface area contributed by atoms with Crippen molar-refractivity contribution in [1.82, 2.24) is 14.8 Å². The minimum absolute atomic E-state index is 0.0481. The molecule has 1 saturated heterocycles. The topological polar surface area (TPSA) is 45.7 Å². The fourth-order valence-electron chi connectivity index (χ4n) is 4.77. The molecule has 0 aliphatic carbocycles. The first-order valence-electron chi connectivity index (χ1n) is 11.5. The van der Waals surface area contributed by atoms with Gasteiger partial charge in [-0.1, -0.05) is 48.5 Å². The Kier molecular flexibility index (Phi) is 6.51. The lowest BCUT2D eigenvalue weighted by molar-refractivity contribution is -0.135. The highest BCUT2D eigenvalue weighted by Gasteiger charge is 2.30. The highest BCUT2D eigenvalue weighted by atomic mass is 32.1. The zero-order valence-electron chi connectivity index (χ0n) is 18.2. The van der Waals surface area contributed by atoms with Crippen LogP contribution in [0.25, 0.3) is 0 Å². The molecule has 0 unspecified atom stereocenters. The number of fused-ring (bicyclic) bond motifs is 1. The zero-order valence-corrected chi connectivity index (χ0v) is 19.0. The average Bonchev–Trinajstić information content (AvgIpc) is 3.31. The predicted molar refractivity (Wildman–Crippen MR) is 127 cm³/mol. The molecule has 1 amide bonds. The molecular formula is C26H29N3O2S. The van der Waals surface area contributed by atoms with Crippen LogP contribution in [0.5, 0.6) is 5.75 Å². The van der Waals surface area contributed by atoms with Gasteiger partial charge in [-0.2, -0.15) is 0 Å². The molecule has 0 radical (unpaired) electrons. The maximum absolute atomic E-state index is 13.3. The molecule has 1 aromatic heterocycles. The molecular weight excluding hydrogens is 418 g/mol. The fourth-order valence-corrected chi connectivity index (χ4v) is 5.56.